The van der Waals surface area contributed by atoms with Crippen LogP contribution in [0.15, 0.2) is 16.0 Å². The number of nitrogens with zero attached hydrogens (tertiary/aromatic N) is 2. The fourth-order valence-corrected chi connectivity index (χ4v) is 2.41. The Hall–Kier alpha value is -1.40. The average molecular weight is 267 g/mol. The van der Waals surface area contributed by atoms with Crippen LogP contribution in [-0.2, 0) is 5.54 Å². The van der Waals surface area contributed by atoms with Crippen molar-refractivity contribution in [3.05, 3.63) is 17.3 Å². The normalized spacial score (nSPS) is 11.8. The van der Waals surface area contributed by atoms with E-state index in [2.05, 4.69) is 10.1 Å². The summed E-state index contributed by atoms with van der Waals surface area (Å²) in [6.07, 6.45) is 1.55. The Morgan fingerprint density at radius 1 is 1.44 bits per heavy atom. The Labute approximate surface area is 110 Å². The number of rotatable bonds is 5. The maximum Gasteiger partial charge on any atom is 0.268 e. The first kappa shape index (κ1) is 13.0. The van der Waals surface area contributed by atoms with E-state index in [-0.39, 0.29) is 0 Å². The Balaban J connectivity index is 2.30. The summed E-state index contributed by atoms with van der Waals surface area (Å²) in [6, 6.07) is 1.87. The highest BCUT2D eigenvalue weighted by Gasteiger charge is 2.29. The molecule has 0 fully saturated rings. The molecule has 0 bridgehead atoms. The summed E-state index contributed by atoms with van der Waals surface area (Å²) in [5.74, 6) is 1.85. The summed E-state index contributed by atoms with van der Waals surface area (Å²) < 4.78 is 10.4. The molecule has 6 heteroatoms. The van der Waals surface area contributed by atoms with Crippen LogP contribution in [0.25, 0.3) is 10.8 Å². The number of ether oxygens (including phenoxy) is 1. The van der Waals surface area contributed by atoms with Gasteiger partial charge in [0.1, 0.15) is 5.75 Å². The van der Waals surface area contributed by atoms with Crippen LogP contribution in [0.5, 0.6) is 5.75 Å². The lowest BCUT2D eigenvalue weighted by atomic mass is 9.93. The minimum atomic E-state index is -0.511. The second kappa shape index (κ2) is 5.07. The number of hydrogen-bond acceptors (Lipinski definition) is 6. The number of thiophene rings is 1. The third-order valence-corrected chi connectivity index (χ3v) is 4.05. The minimum absolute atomic E-state index is 0.495. The van der Waals surface area contributed by atoms with Gasteiger partial charge in [-0.3, -0.25) is 0 Å². The predicted molar refractivity (Wildman–Crippen MR) is 70.6 cm³/mol. The van der Waals surface area contributed by atoms with Gasteiger partial charge in [-0.15, -0.1) is 11.3 Å². The van der Waals surface area contributed by atoms with E-state index in [0.717, 1.165) is 23.5 Å². The van der Waals surface area contributed by atoms with Gasteiger partial charge in [-0.05, 0) is 12.8 Å². The number of hydrogen-bond donors (Lipinski definition) is 1. The summed E-state index contributed by atoms with van der Waals surface area (Å²) in [7, 11) is 1.63. The molecule has 18 heavy (non-hydrogen) atoms. The average Bonchev–Trinajstić information content (AvgIpc) is 3.05. The molecule has 0 unspecified atom stereocenters. The lowest BCUT2D eigenvalue weighted by molar-refractivity contribution is 0.350. The molecule has 5 nitrogen and oxygen atoms in total. The van der Waals surface area contributed by atoms with E-state index < -0.39 is 5.54 Å². The van der Waals surface area contributed by atoms with Crippen LogP contribution in [0.4, 0.5) is 0 Å². The molecule has 0 radical (unpaired) electrons. The van der Waals surface area contributed by atoms with Gasteiger partial charge >= 0.3 is 0 Å². The predicted octanol–water partition coefficient (Wildman–Crippen LogP) is 2.78. The highest BCUT2D eigenvalue weighted by atomic mass is 32.1. The molecule has 0 saturated carbocycles. The zero-order valence-electron chi connectivity index (χ0n) is 10.8. The van der Waals surface area contributed by atoms with Gasteiger partial charge < -0.3 is 15.0 Å². The van der Waals surface area contributed by atoms with Gasteiger partial charge in [0, 0.05) is 11.4 Å². The van der Waals surface area contributed by atoms with Crippen molar-refractivity contribution in [2.45, 2.75) is 32.2 Å². The van der Waals surface area contributed by atoms with Crippen LogP contribution in [-0.4, -0.2) is 17.3 Å². The molecule has 0 saturated heterocycles. The first-order valence-electron chi connectivity index (χ1n) is 5.89. The first-order valence-corrected chi connectivity index (χ1v) is 6.77. The number of methoxy groups -OCH3 is 1. The van der Waals surface area contributed by atoms with E-state index in [0.29, 0.717) is 11.7 Å². The number of nitrogens with two attached hydrogens (primary N) is 1. The fraction of sp³-hybridized carbons (Fsp3) is 0.500. The summed E-state index contributed by atoms with van der Waals surface area (Å²) in [5.41, 5.74) is 5.72. The maximum atomic E-state index is 6.23. The van der Waals surface area contributed by atoms with Gasteiger partial charge in [0.2, 0.25) is 0 Å². The molecule has 2 N–H and O–H groups in total. The molecule has 98 valence electrons. The van der Waals surface area contributed by atoms with Gasteiger partial charge in [0.15, 0.2) is 5.82 Å². The number of aromatic nitrogens is 2. The Morgan fingerprint density at radius 3 is 2.72 bits per heavy atom. The fourth-order valence-electron chi connectivity index (χ4n) is 1.63. The van der Waals surface area contributed by atoms with E-state index in [1.165, 1.54) is 11.3 Å². The smallest absolute Gasteiger partial charge is 0.268 e. The molecule has 2 aromatic heterocycles. The van der Waals surface area contributed by atoms with Gasteiger partial charge in [0.25, 0.3) is 5.89 Å². The summed E-state index contributed by atoms with van der Waals surface area (Å²) in [5, 5.41) is 5.89. The third-order valence-electron chi connectivity index (χ3n) is 3.16. The van der Waals surface area contributed by atoms with E-state index in [9.17, 15) is 0 Å². The topological polar surface area (TPSA) is 74.2 Å². The Morgan fingerprint density at radius 2 is 2.17 bits per heavy atom. The molecule has 0 atom stereocenters. The van der Waals surface area contributed by atoms with E-state index in [1.807, 2.05) is 25.3 Å². The zero-order chi connectivity index (χ0) is 13.2. The molecule has 0 amide bonds. The lowest BCUT2D eigenvalue weighted by Crippen LogP contribution is -2.36. The van der Waals surface area contributed by atoms with Crippen LogP contribution in [0.2, 0.25) is 0 Å². The van der Waals surface area contributed by atoms with Crippen LogP contribution in [0, 0.1) is 0 Å². The van der Waals surface area contributed by atoms with Gasteiger partial charge in [-0.25, -0.2) is 0 Å². The molecule has 0 aromatic carbocycles. The van der Waals surface area contributed by atoms with Crippen molar-refractivity contribution in [2.75, 3.05) is 7.11 Å². The van der Waals surface area contributed by atoms with Crippen LogP contribution in [0.1, 0.15) is 32.5 Å². The second-order valence-corrected chi connectivity index (χ2v) is 5.05. The third kappa shape index (κ3) is 2.26. The molecule has 2 aromatic rings. The molecule has 0 aliphatic carbocycles. The van der Waals surface area contributed by atoms with Crippen molar-refractivity contribution in [2.24, 2.45) is 5.73 Å². The highest BCUT2D eigenvalue weighted by Crippen LogP contribution is 2.31. The highest BCUT2D eigenvalue weighted by molar-refractivity contribution is 7.13. The molecule has 2 heterocycles. The largest absolute Gasteiger partial charge is 0.496 e. The quantitative estimate of drug-likeness (QED) is 0.901. The van der Waals surface area contributed by atoms with Crippen molar-refractivity contribution < 1.29 is 9.26 Å². The maximum absolute atomic E-state index is 6.23. The summed E-state index contributed by atoms with van der Waals surface area (Å²) in [6.45, 7) is 4.04. The van der Waals surface area contributed by atoms with Crippen molar-refractivity contribution >= 4 is 11.3 Å². The van der Waals surface area contributed by atoms with Crippen molar-refractivity contribution in [1.29, 1.82) is 0 Å². The first-order chi connectivity index (χ1) is 8.62. The van der Waals surface area contributed by atoms with E-state index in [1.54, 1.807) is 7.11 Å². The van der Waals surface area contributed by atoms with Crippen molar-refractivity contribution in [3.8, 4) is 16.5 Å². The van der Waals surface area contributed by atoms with E-state index in [4.69, 9.17) is 15.0 Å². The molecule has 0 spiro atoms. The van der Waals surface area contributed by atoms with Crippen LogP contribution < -0.4 is 10.5 Å². The molecular formula is C12H17N3O2S. The minimum Gasteiger partial charge on any atom is -0.496 e. The lowest BCUT2D eigenvalue weighted by Gasteiger charge is -2.21. The molecular weight excluding hydrogens is 250 g/mol. The summed E-state index contributed by atoms with van der Waals surface area (Å²) in [4.78, 5) is 5.28. The van der Waals surface area contributed by atoms with Crippen LogP contribution in [0.3, 0.4) is 0 Å². The van der Waals surface area contributed by atoms with Crippen molar-refractivity contribution in [1.82, 2.24) is 10.1 Å². The van der Waals surface area contributed by atoms with Gasteiger partial charge in [-0.2, -0.15) is 4.98 Å². The standard InChI is InChI=1S/C12H17N3O2S/c1-4-12(13,5-2)11-14-10(17-15-11)9-6-8(16-3)7-18-9/h6-7H,4-5,13H2,1-3H3. The van der Waals surface area contributed by atoms with E-state index >= 15 is 0 Å². The zero-order valence-corrected chi connectivity index (χ0v) is 11.6. The summed E-state index contributed by atoms with van der Waals surface area (Å²) >= 11 is 1.50. The van der Waals surface area contributed by atoms with Gasteiger partial charge in [0.05, 0.1) is 17.5 Å². The Bertz CT molecular complexity index is 517. The van der Waals surface area contributed by atoms with Gasteiger partial charge in [-0.1, -0.05) is 19.0 Å². The molecule has 0 aliphatic heterocycles. The second-order valence-electron chi connectivity index (χ2n) is 4.14. The monoisotopic (exact) mass is 267 g/mol. The Kier molecular flexibility index (Phi) is 3.68. The SMILES string of the molecule is CCC(N)(CC)c1noc(-c2cc(OC)cs2)n1. The molecule has 0 aliphatic rings. The van der Waals surface area contributed by atoms with Crippen LogP contribution >= 0.6 is 11.3 Å². The molecule has 2 rings (SSSR count). The van der Waals surface area contributed by atoms with Crippen molar-refractivity contribution in [3.63, 3.8) is 0 Å².